The molecule has 6 heteroatoms. The van der Waals surface area contributed by atoms with Crippen LogP contribution in [-0.2, 0) is 0 Å². The molecule has 0 fully saturated rings. The first-order valence-corrected chi connectivity index (χ1v) is 25.3. The maximum absolute atomic E-state index is 6.31. The van der Waals surface area contributed by atoms with Gasteiger partial charge in [0.1, 0.15) is 11.2 Å². The number of hydrogen-bond acceptors (Lipinski definition) is 4. The number of rotatable bonds is 9. The van der Waals surface area contributed by atoms with Crippen molar-refractivity contribution in [2.45, 2.75) is 0 Å². The fourth-order valence-electron chi connectivity index (χ4n) is 10.4. The van der Waals surface area contributed by atoms with Crippen molar-refractivity contribution < 1.29 is 4.42 Å². The van der Waals surface area contributed by atoms with Crippen molar-refractivity contribution in [3.05, 3.63) is 255 Å². The molecule has 0 N–H and O–H groups in total. The van der Waals surface area contributed by atoms with E-state index in [2.05, 4.69) is 247 Å². The van der Waals surface area contributed by atoms with E-state index in [1.54, 1.807) is 0 Å². The highest BCUT2D eigenvalue weighted by Gasteiger charge is 2.41. The second-order valence-corrected chi connectivity index (χ2v) is 21.4. The van der Waals surface area contributed by atoms with Gasteiger partial charge < -0.3 is 8.98 Å². The van der Waals surface area contributed by atoms with E-state index in [0.717, 1.165) is 66.5 Å². The van der Waals surface area contributed by atoms with Crippen molar-refractivity contribution in [2.24, 2.45) is 0 Å². The van der Waals surface area contributed by atoms with Gasteiger partial charge in [0, 0.05) is 43.9 Å². The molecule has 0 aliphatic heterocycles. The Bertz CT molecular complexity index is 3860. The lowest BCUT2D eigenvalue weighted by atomic mass is 10.0. The van der Waals surface area contributed by atoms with Crippen molar-refractivity contribution >= 4 is 72.6 Å². The van der Waals surface area contributed by atoms with E-state index in [1.807, 2.05) is 12.1 Å². The Morgan fingerprint density at radius 1 is 0.290 bits per heavy atom. The lowest BCUT2D eigenvalue weighted by Crippen LogP contribution is -2.74. The van der Waals surface area contributed by atoms with Crippen LogP contribution in [0.15, 0.2) is 259 Å². The predicted octanol–water partition coefficient (Wildman–Crippen LogP) is 12.9. The van der Waals surface area contributed by atoms with Crippen LogP contribution in [0, 0.1) is 0 Å². The minimum atomic E-state index is -2.75. The Morgan fingerprint density at radius 3 is 1.33 bits per heavy atom. The van der Waals surface area contributed by atoms with E-state index >= 15 is 0 Å². The van der Waals surface area contributed by atoms with Crippen LogP contribution in [0.2, 0.25) is 0 Å². The van der Waals surface area contributed by atoms with Crippen molar-refractivity contribution in [1.29, 1.82) is 0 Å². The van der Waals surface area contributed by atoms with Crippen LogP contribution < -0.4 is 20.7 Å². The van der Waals surface area contributed by atoms with Crippen molar-refractivity contribution in [3.8, 4) is 51.0 Å². The molecule has 0 amide bonds. The van der Waals surface area contributed by atoms with Gasteiger partial charge in [-0.25, -0.2) is 15.0 Å². The second kappa shape index (κ2) is 16.7. The van der Waals surface area contributed by atoms with Crippen LogP contribution in [-0.4, -0.2) is 27.6 Å². The van der Waals surface area contributed by atoms with Gasteiger partial charge in [-0.3, -0.25) is 0 Å². The minimum absolute atomic E-state index is 0.592. The summed E-state index contributed by atoms with van der Waals surface area (Å²) in [7, 11) is -2.75. The van der Waals surface area contributed by atoms with Gasteiger partial charge in [0.15, 0.2) is 25.5 Å². The standard InChI is InChI=1S/C63H42N4OSi/c1-4-22-49(23-5-1)69(50-24-6-2-7-25-50,51-26-8-3-9-27-51)52-37-34-43(35-38-52)61-64-62(46-19-16-18-44(40-46)45-36-39-56-55-30-12-15-33-59(55)68-60(56)42-45)66-63(65-61)47-20-17-21-48(41-47)67-57-31-13-10-28-53(57)54-29-11-14-32-58(54)67/h1-42H. The Labute approximate surface area is 400 Å². The molecule has 0 spiro atoms. The molecule has 3 heterocycles. The summed E-state index contributed by atoms with van der Waals surface area (Å²) in [5.74, 6) is 1.79. The summed E-state index contributed by atoms with van der Waals surface area (Å²) in [6.07, 6.45) is 0. The molecule has 0 bridgehead atoms. The SMILES string of the molecule is c1ccc([Si](c2ccccc2)(c2ccccc2)c2ccc(-c3nc(-c4cccc(-c5ccc6c(c5)oc5ccccc56)c4)nc(-c4cccc(-n5c6ccccc6c6ccccc65)c4)n3)cc2)cc1. The number of nitrogens with zero attached hydrogens (tertiary/aromatic N) is 4. The lowest BCUT2D eigenvalue weighted by molar-refractivity contribution is 0.669. The maximum Gasteiger partial charge on any atom is 0.179 e. The van der Waals surface area contributed by atoms with Crippen LogP contribution in [0.3, 0.4) is 0 Å². The van der Waals surface area contributed by atoms with Gasteiger partial charge in [0.2, 0.25) is 0 Å². The molecule has 13 aromatic rings. The first-order chi connectivity index (χ1) is 34.2. The number of fused-ring (bicyclic) bond motifs is 6. The number of para-hydroxylation sites is 3. The highest BCUT2D eigenvalue weighted by molar-refractivity contribution is 7.19. The normalized spacial score (nSPS) is 11.8. The molecule has 0 atom stereocenters. The van der Waals surface area contributed by atoms with E-state index in [0.29, 0.717) is 17.5 Å². The van der Waals surface area contributed by atoms with E-state index in [9.17, 15) is 0 Å². The fraction of sp³-hybridized carbons (Fsp3) is 0. The third-order valence-corrected chi connectivity index (χ3v) is 18.4. The highest BCUT2D eigenvalue weighted by atomic mass is 28.3. The number of furan rings is 1. The van der Waals surface area contributed by atoms with Gasteiger partial charge in [0.05, 0.1) is 11.0 Å². The Kier molecular flexibility index (Phi) is 9.77. The molecule has 0 saturated carbocycles. The van der Waals surface area contributed by atoms with Gasteiger partial charge in [0.25, 0.3) is 0 Å². The quantitative estimate of drug-likeness (QED) is 0.107. The molecule has 0 aliphatic rings. The number of benzene rings is 10. The summed E-state index contributed by atoms with van der Waals surface area (Å²) < 4.78 is 8.65. The van der Waals surface area contributed by atoms with Crippen LogP contribution in [0.1, 0.15) is 0 Å². The third kappa shape index (κ3) is 6.88. The zero-order valence-corrected chi connectivity index (χ0v) is 38.4. The first kappa shape index (κ1) is 40.3. The monoisotopic (exact) mass is 898 g/mol. The van der Waals surface area contributed by atoms with Gasteiger partial charge in [-0.2, -0.15) is 0 Å². The highest BCUT2D eigenvalue weighted by Crippen LogP contribution is 2.36. The summed E-state index contributed by atoms with van der Waals surface area (Å²) in [6.45, 7) is 0. The second-order valence-electron chi connectivity index (χ2n) is 17.5. The smallest absolute Gasteiger partial charge is 0.179 e. The summed E-state index contributed by atoms with van der Waals surface area (Å²) >= 11 is 0. The minimum Gasteiger partial charge on any atom is -0.456 e. The van der Waals surface area contributed by atoms with Crippen LogP contribution in [0.4, 0.5) is 0 Å². The Morgan fingerprint density at radius 2 is 0.725 bits per heavy atom. The summed E-state index contributed by atoms with van der Waals surface area (Å²) in [6, 6.07) is 90.9. The van der Waals surface area contributed by atoms with Gasteiger partial charge >= 0.3 is 0 Å². The summed E-state index contributed by atoms with van der Waals surface area (Å²) in [4.78, 5) is 15.9. The molecule has 0 aliphatic carbocycles. The van der Waals surface area contributed by atoms with Crippen molar-refractivity contribution in [1.82, 2.24) is 19.5 Å². The van der Waals surface area contributed by atoms with Crippen LogP contribution in [0.5, 0.6) is 0 Å². The van der Waals surface area contributed by atoms with Crippen LogP contribution >= 0.6 is 0 Å². The molecule has 0 radical (unpaired) electrons. The predicted molar refractivity (Wildman–Crippen MR) is 287 cm³/mol. The molecule has 69 heavy (non-hydrogen) atoms. The molecule has 10 aromatic carbocycles. The Balaban J connectivity index is 0.974. The van der Waals surface area contributed by atoms with Crippen molar-refractivity contribution in [3.63, 3.8) is 0 Å². The van der Waals surface area contributed by atoms with Gasteiger partial charge in [-0.1, -0.05) is 206 Å². The van der Waals surface area contributed by atoms with E-state index in [4.69, 9.17) is 19.4 Å². The molecular formula is C63H42N4OSi. The van der Waals surface area contributed by atoms with Gasteiger partial charge in [-0.15, -0.1) is 0 Å². The van der Waals surface area contributed by atoms with Crippen LogP contribution in [0.25, 0.3) is 94.7 Å². The Hall–Kier alpha value is -8.97. The first-order valence-electron chi connectivity index (χ1n) is 23.3. The summed E-state index contributed by atoms with van der Waals surface area (Å²) in [5.41, 5.74) is 9.85. The fourth-order valence-corrected chi connectivity index (χ4v) is 15.2. The molecular weight excluding hydrogens is 857 g/mol. The molecule has 0 saturated heterocycles. The van der Waals surface area contributed by atoms with E-state index in [1.165, 1.54) is 31.5 Å². The van der Waals surface area contributed by atoms with E-state index < -0.39 is 8.07 Å². The average molecular weight is 899 g/mol. The average Bonchev–Trinajstić information content (AvgIpc) is 3.98. The van der Waals surface area contributed by atoms with Crippen molar-refractivity contribution in [2.75, 3.05) is 0 Å². The lowest BCUT2D eigenvalue weighted by Gasteiger charge is -2.34. The summed E-state index contributed by atoms with van der Waals surface area (Å²) in [5, 5.41) is 9.88. The molecule has 0 unspecified atom stereocenters. The zero-order chi connectivity index (χ0) is 45.7. The van der Waals surface area contributed by atoms with Gasteiger partial charge in [-0.05, 0) is 80.4 Å². The number of aromatic nitrogens is 4. The maximum atomic E-state index is 6.31. The largest absolute Gasteiger partial charge is 0.456 e. The topological polar surface area (TPSA) is 56.7 Å². The molecule has 13 rings (SSSR count). The van der Waals surface area contributed by atoms with E-state index in [-0.39, 0.29) is 0 Å². The molecule has 5 nitrogen and oxygen atoms in total. The number of hydrogen-bond donors (Lipinski definition) is 0. The molecule has 3 aromatic heterocycles. The molecule has 324 valence electrons. The third-order valence-electron chi connectivity index (χ3n) is 13.6. The zero-order valence-electron chi connectivity index (χ0n) is 37.4.